The number of β-amino-alcohol motifs (C(OH)–C–C–N with tert-alkyl or cyclic N) is 1. The largest absolute Gasteiger partial charge is 0.392 e. The number of rotatable bonds is 14. The number of hydrogen-bond acceptors (Lipinski definition) is 6. The van der Waals surface area contributed by atoms with E-state index in [1.165, 1.54) is 0 Å². The summed E-state index contributed by atoms with van der Waals surface area (Å²) < 4.78 is 22.7. The molecule has 34 heavy (non-hydrogen) atoms. The Hall–Kier alpha value is -2.30. The third-order valence-electron chi connectivity index (χ3n) is 5.42. The lowest BCUT2D eigenvalue weighted by atomic mass is 9.93. The highest BCUT2D eigenvalue weighted by Crippen LogP contribution is 2.15. The molecule has 0 aliphatic rings. The highest BCUT2D eigenvalue weighted by atomic mass is 32.2. The minimum absolute atomic E-state index is 0.0289. The van der Waals surface area contributed by atoms with Gasteiger partial charge in [0.25, 0.3) is 0 Å². The molecule has 0 spiro atoms. The summed E-state index contributed by atoms with van der Waals surface area (Å²) in [6.45, 7) is 4.88. The summed E-state index contributed by atoms with van der Waals surface area (Å²) in [6, 6.07) is 17.7. The highest BCUT2D eigenvalue weighted by Gasteiger charge is 2.20. The summed E-state index contributed by atoms with van der Waals surface area (Å²) in [5.74, 6) is -0.0289. The van der Waals surface area contributed by atoms with Gasteiger partial charge in [0.2, 0.25) is 15.9 Å². The van der Waals surface area contributed by atoms with Gasteiger partial charge in [-0.25, -0.2) is 8.42 Å². The number of amides is 1. The Morgan fingerprint density at radius 2 is 1.71 bits per heavy atom. The lowest BCUT2D eigenvalue weighted by molar-refractivity contribution is -0.120. The lowest BCUT2D eigenvalue weighted by Gasteiger charge is -2.28. The molecule has 4 N–H and O–H groups in total. The van der Waals surface area contributed by atoms with Crippen LogP contribution in [0.4, 0.5) is 0 Å². The van der Waals surface area contributed by atoms with Crippen molar-refractivity contribution in [1.82, 2.24) is 15.1 Å². The first-order chi connectivity index (χ1) is 15.9. The number of benzene rings is 2. The Bertz CT molecular complexity index is 1010. The Morgan fingerprint density at radius 1 is 1.06 bits per heavy atom. The zero-order chi connectivity index (χ0) is 25.2. The van der Waals surface area contributed by atoms with Crippen LogP contribution in [0.2, 0.25) is 0 Å². The monoisotopic (exact) mass is 491 g/mol. The first-order valence-corrected chi connectivity index (χ1v) is 13.3. The van der Waals surface area contributed by atoms with E-state index in [0.29, 0.717) is 43.2 Å². The van der Waals surface area contributed by atoms with Crippen LogP contribution in [-0.2, 0) is 34.2 Å². The van der Waals surface area contributed by atoms with Crippen LogP contribution in [0.15, 0.2) is 54.6 Å². The van der Waals surface area contributed by atoms with E-state index in [0.717, 1.165) is 22.9 Å². The average Bonchev–Trinajstić information content (AvgIpc) is 2.76. The second kappa shape index (κ2) is 13.0. The molecule has 1 amide bonds. The molecule has 0 heterocycles. The molecular formula is C25H37N3O5S. The minimum atomic E-state index is -3.63. The van der Waals surface area contributed by atoms with E-state index in [4.69, 9.17) is 0 Å². The van der Waals surface area contributed by atoms with Crippen molar-refractivity contribution < 1.29 is 23.5 Å². The number of carbonyl (C=O) groups excluding carboxylic acids is 1. The molecule has 0 aromatic heterocycles. The molecule has 9 heteroatoms. The van der Waals surface area contributed by atoms with Crippen molar-refractivity contribution in [3.8, 4) is 0 Å². The third kappa shape index (κ3) is 10.8. The fourth-order valence-corrected chi connectivity index (χ4v) is 4.05. The van der Waals surface area contributed by atoms with E-state index in [2.05, 4.69) is 10.6 Å². The van der Waals surface area contributed by atoms with Crippen LogP contribution in [0.5, 0.6) is 0 Å². The number of nitrogens with one attached hydrogen (secondary N) is 2. The van der Waals surface area contributed by atoms with Crippen LogP contribution in [0.25, 0.3) is 0 Å². The van der Waals surface area contributed by atoms with Crippen LogP contribution in [0, 0.1) is 0 Å². The fraction of sp³-hybridized carbons (Fsp3) is 0.480. The van der Waals surface area contributed by atoms with Gasteiger partial charge in [0.1, 0.15) is 0 Å². The van der Waals surface area contributed by atoms with E-state index >= 15 is 0 Å². The Balaban J connectivity index is 1.78. The highest BCUT2D eigenvalue weighted by molar-refractivity contribution is 7.88. The van der Waals surface area contributed by atoms with Crippen molar-refractivity contribution in [1.29, 1.82) is 0 Å². The van der Waals surface area contributed by atoms with Crippen molar-refractivity contribution in [3.63, 3.8) is 0 Å². The molecule has 0 aliphatic heterocycles. The molecule has 0 aliphatic carbocycles. The van der Waals surface area contributed by atoms with E-state index in [9.17, 15) is 23.5 Å². The van der Waals surface area contributed by atoms with Gasteiger partial charge in [0.05, 0.1) is 18.8 Å². The van der Waals surface area contributed by atoms with Gasteiger partial charge in [0, 0.05) is 25.2 Å². The van der Waals surface area contributed by atoms with Crippen LogP contribution in [0.3, 0.4) is 0 Å². The van der Waals surface area contributed by atoms with Crippen LogP contribution in [0.1, 0.15) is 43.4 Å². The molecule has 1 atom stereocenters. The van der Waals surface area contributed by atoms with Gasteiger partial charge in [-0.3, -0.25) is 10.0 Å². The van der Waals surface area contributed by atoms with Crippen molar-refractivity contribution in [2.45, 2.75) is 57.7 Å². The van der Waals surface area contributed by atoms with Gasteiger partial charge >= 0.3 is 0 Å². The molecule has 0 radical (unpaired) electrons. The summed E-state index contributed by atoms with van der Waals surface area (Å²) in [7, 11) is -3.63. The topological polar surface area (TPSA) is 119 Å². The average molecular weight is 492 g/mol. The summed E-state index contributed by atoms with van der Waals surface area (Å²) in [6.07, 6.45) is 2.00. The van der Waals surface area contributed by atoms with E-state index in [-0.39, 0.29) is 18.0 Å². The summed E-state index contributed by atoms with van der Waals surface area (Å²) in [5, 5.41) is 25.9. The number of sulfonamides is 1. The molecule has 2 aromatic carbocycles. The number of aliphatic hydroxyl groups is 1. The number of nitrogens with zero attached hydrogens (tertiary/aromatic N) is 1. The first-order valence-electron chi connectivity index (χ1n) is 11.4. The van der Waals surface area contributed by atoms with Crippen molar-refractivity contribution >= 4 is 15.9 Å². The number of carbonyl (C=O) groups is 1. The fourth-order valence-electron chi connectivity index (χ4n) is 3.59. The van der Waals surface area contributed by atoms with Crippen molar-refractivity contribution in [2.75, 3.05) is 19.3 Å². The van der Waals surface area contributed by atoms with E-state index < -0.39 is 16.1 Å². The SMILES string of the molecule is CC(C)(Cc1cccc(CC(=O)NCc2ccccc2)c1)NC[C@H](O)CCCN(O)S(C)(=O)=O. The second-order valence-electron chi connectivity index (χ2n) is 9.31. The quantitative estimate of drug-likeness (QED) is 0.301. The minimum Gasteiger partial charge on any atom is -0.392 e. The van der Waals surface area contributed by atoms with Gasteiger partial charge in [-0.1, -0.05) is 59.1 Å². The molecule has 0 saturated carbocycles. The Kier molecular flexibility index (Phi) is 10.7. The molecule has 0 bridgehead atoms. The van der Waals surface area contributed by atoms with E-state index in [1.807, 2.05) is 68.4 Å². The Labute approximate surface area is 203 Å². The van der Waals surface area contributed by atoms with Gasteiger partial charge in [-0.05, 0) is 49.8 Å². The van der Waals surface area contributed by atoms with Gasteiger partial charge in [-0.15, -0.1) is 0 Å². The normalized spacial score (nSPS) is 13.1. The summed E-state index contributed by atoms with van der Waals surface area (Å²) in [4.78, 5) is 12.3. The summed E-state index contributed by atoms with van der Waals surface area (Å²) >= 11 is 0. The summed E-state index contributed by atoms with van der Waals surface area (Å²) in [5.41, 5.74) is 2.79. The first kappa shape index (κ1) is 27.9. The zero-order valence-corrected chi connectivity index (χ0v) is 21.0. The second-order valence-corrected chi connectivity index (χ2v) is 11.2. The van der Waals surface area contributed by atoms with Gasteiger partial charge in [-0.2, -0.15) is 0 Å². The molecular weight excluding hydrogens is 454 g/mol. The van der Waals surface area contributed by atoms with E-state index in [1.54, 1.807) is 0 Å². The third-order valence-corrected chi connectivity index (χ3v) is 6.37. The predicted molar refractivity (Wildman–Crippen MR) is 133 cm³/mol. The molecule has 8 nitrogen and oxygen atoms in total. The maximum atomic E-state index is 12.3. The molecule has 2 rings (SSSR count). The molecule has 0 saturated heterocycles. The Morgan fingerprint density at radius 3 is 2.38 bits per heavy atom. The van der Waals surface area contributed by atoms with Crippen LogP contribution < -0.4 is 10.6 Å². The molecule has 188 valence electrons. The number of aliphatic hydroxyl groups excluding tert-OH is 1. The number of hydrogen-bond donors (Lipinski definition) is 4. The molecule has 0 fully saturated rings. The maximum absolute atomic E-state index is 12.3. The van der Waals surface area contributed by atoms with Gasteiger partial charge in [0.15, 0.2) is 0 Å². The van der Waals surface area contributed by atoms with Gasteiger partial charge < -0.3 is 15.7 Å². The smallest absolute Gasteiger partial charge is 0.232 e. The zero-order valence-electron chi connectivity index (χ0n) is 20.2. The lowest BCUT2D eigenvalue weighted by Crippen LogP contribution is -2.45. The maximum Gasteiger partial charge on any atom is 0.232 e. The van der Waals surface area contributed by atoms with Crippen molar-refractivity contribution in [3.05, 3.63) is 71.3 Å². The molecule has 2 aromatic rings. The van der Waals surface area contributed by atoms with Crippen LogP contribution >= 0.6 is 0 Å². The van der Waals surface area contributed by atoms with Crippen molar-refractivity contribution in [2.24, 2.45) is 0 Å². The number of hydroxylamine groups is 1. The predicted octanol–water partition coefficient (Wildman–Crippen LogP) is 2.25. The van der Waals surface area contributed by atoms with Crippen LogP contribution in [-0.4, -0.2) is 60.1 Å². The molecule has 0 unspecified atom stereocenters. The standard InChI is InChI=1S/C25H37N3O5S/c1-25(2,27-19-23(29)13-8-14-28(31)34(3,32)33)17-22-12-7-11-21(15-22)16-24(30)26-18-20-9-5-4-6-10-20/h4-7,9-12,15,23,27,29,31H,8,13-14,16-19H2,1-3H3,(H,26,30)/t23-/m1/s1.